The van der Waals surface area contributed by atoms with Gasteiger partial charge < -0.3 is 9.47 Å². The fourth-order valence-electron chi connectivity index (χ4n) is 4.12. The van der Waals surface area contributed by atoms with Gasteiger partial charge in [0.05, 0.1) is 0 Å². The fourth-order valence-corrected chi connectivity index (χ4v) is 4.12. The Morgan fingerprint density at radius 1 is 0.458 bits per heavy atom. The molecule has 0 atom stereocenters. The Kier molecular flexibility index (Phi) is 10.3. The first-order valence-electron chi connectivity index (χ1n) is 12.5. The predicted molar refractivity (Wildman–Crippen MR) is 139 cm³/mol. The first-order chi connectivity index (χ1) is 22.1. The molecule has 0 bridgehead atoms. The van der Waals surface area contributed by atoms with Crippen molar-refractivity contribution >= 4 is 11.1 Å². The first-order valence-corrected chi connectivity index (χ1v) is 12.5. The smallest absolute Gasteiger partial charge is 0.434 e. The maximum atomic E-state index is 12.9. The van der Waals surface area contributed by atoms with Gasteiger partial charge in [0.1, 0.15) is 46.9 Å². The molecule has 0 aliphatic carbocycles. The number of benzene rings is 3. The van der Waals surface area contributed by atoms with Crippen LogP contribution in [-0.2, 0) is 0 Å². The van der Waals surface area contributed by atoms with Crippen LogP contribution in [-0.4, -0.2) is 36.9 Å². The molecule has 248 valence electrons. The highest BCUT2D eigenvalue weighted by atomic mass is 19.4. The minimum atomic E-state index is -5.83. The summed E-state index contributed by atoms with van der Waals surface area (Å²) in [5, 5.41) is 37.8. The van der Waals surface area contributed by atoms with Crippen molar-refractivity contribution in [1.82, 2.24) is 0 Å². The van der Waals surface area contributed by atoms with Crippen LogP contribution in [0.5, 0.6) is 11.5 Å². The summed E-state index contributed by atoms with van der Waals surface area (Å²) < 4.78 is 164. The third kappa shape index (κ3) is 8.28. The third-order valence-corrected chi connectivity index (χ3v) is 6.17. The van der Waals surface area contributed by atoms with Crippen molar-refractivity contribution in [3.8, 4) is 58.0 Å². The third-order valence-electron chi connectivity index (χ3n) is 6.17. The summed E-state index contributed by atoms with van der Waals surface area (Å²) in [5.41, 5.74) is -1.64. The Balaban J connectivity index is 2.25. The van der Waals surface area contributed by atoms with Crippen LogP contribution in [0.1, 0.15) is 0 Å². The number of nitrogens with zero attached hydrogens (tertiary/aromatic N) is 4. The van der Waals surface area contributed by atoms with Crippen LogP contribution in [0.4, 0.5) is 52.7 Å². The minimum Gasteiger partial charge on any atom is -0.471 e. The maximum absolute atomic E-state index is 12.9. The van der Waals surface area contributed by atoms with Crippen LogP contribution in [0.2, 0.25) is 0 Å². The van der Waals surface area contributed by atoms with Crippen molar-refractivity contribution in [1.29, 1.82) is 21.0 Å². The van der Waals surface area contributed by atoms with Gasteiger partial charge in [-0.2, -0.15) is 73.7 Å². The highest BCUT2D eigenvalue weighted by molar-refractivity contribution is 5.85. The molecule has 0 N–H and O–H groups in total. The molecule has 18 heteroatoms. The summed E-state index contributed by atoms with van der Waals surface area (Å²) in [6, 6.07) is 15.1. The summed E-state index contributed by atoms with van der Waals surface area (Å²) >= 11 is 0. The van der Waals surface area contributed by atoms with Gasteiger partial charge in [0.15, 0.2) is 0 Å². The Hall–Kier alpha value is -5.88. The number of hydrogen-bond donors (Lipinski definition) is 0. The molecule has 0 unspecified atom stereocenters. The maximum Gasteiger partial charge on any atom is 0.434 e. The predicted octanol–water partition coefficient (Wildman–Crippen LogP) is 7.16. The van der Waals surface area contributed by atoms with Crippen LogP contribution < -0.4 is 19.9 Å². The van der Waals surface area contributed by atoms with Gasteiger partial charge in [-0.05, 0) is 58.7 Å². The zero-order chi connectivity index (χ0) is 36.2. The summed E-state index contributed by atoms with van der Waals surface area (Å²) in [5.74, 6) is -1.77. The highest BCUT2D eigenvalue weighted by Crippen LogP contribution is 2.38. The Morgan fingerprint density at radius 3 is 0.917 bits per heavy atom. The number of nitriles is 4. The van der Waals surface area contributed by atoms with Crippen molar-refractivity contribution in [2.75, 3.05) is 0 Å². The van der Waals surface area contributed by atoms with Gasteiger partial charge in [0.2, 0.25) is 0 Å². The zero-order valence-electron chi connectivity index (χ0n) is 23.1. The molecule has 0 radical (unpaired) electrons. The van der Waals surface area contributed by atoms with Crippen LogP contribution in [0.15, 0.2) is 60.7 Å². The number of alkyl halides is 12. The lowest BCUT2D eigenvalue weighted by Crippen LogP contribution is -2.46. The minimum absolute atomic E-state index is 0.0620. The number of rotatable bonds is 6. The molecule has 0 saturated heterocycles. The molecule has 0 heterocycles. The largest absolute Gasteiger partial charge is 0.471 e. The van der Waals surface area contributed by atoms with E-state index in [-0.39, 0.29) is 32.7 Å². The lowest BCUT2D eigenvalue weighted by Gasteiger charge is -2.24. The van der Waals surface area contributed by atoms with E-state index >= 15 is 0 Å². The van der Waals surface area contributed by atoms with Crippen molar-refractivity contribution in [2.45, 2.75) is 36.9 Å². The number of halogens is 12. The van der Waals surface area contributed by atoms with E-state index in [9.17, 15) is 73.7 Å². The monoisotopic (exact) mass is 688 g/mol. The van der Waals surface area contributed by atoms with E-state index in [0.29, 0.717) is 24.3 Å². The normalized spacial score (nSPS) is 12.0. The average molecular weight is 688 g/mol. The lowest BCUT2D eigenvalue weighted by atomic mass is 9.92. The highest BCUT2D eigenvalue weighted by Gasteiger charge is 2.60. The summed E-state index contributed by atoms with van der Waals surface area (Å²) in [6.07, 6.45) is -31.7. The van der Waals surface area contributed by atoms with Gasteiger partial charge in [-0.25, -0.2) is 0 Å². The molecular formula is C30H12F12N4O2. The molecule has 48 heavy (non-hydrogen) atoms. The molecule has 0 saturated carbocycles. The average Bonchev–Trinajstić information content (AvgIpc) is 2.98. The molecule has 0 aliphatic rings. The van der Waals surface area contributed by atoms with Crippen molar-refractivity contribution in [2.24, 2.45) is 0 Å². The fraction of sp³-hybridized carbons (Fsp3) is 0.200. The van der Waals surface area contributed by atoms with E-state index in [1.165, 1.54) is 0 Å². The van der Waals surface area contributed by atoms with Gasteiger partial charge in [0, 0.05) is 10.4 Å². The van der Waals surface area contributed by atoms with E-state index in [2.05, 4.69) is 9.47 Å². The molecule has 3 aromatic rings. The van der Waals surface area contributed by atoms with E-state index in [1.54, 1.807) is 24.3 Å². The summed E-state index contributed by atoms with van der Waals surface area (Å²) in [7, 11) is 0. The van der Waals surface area contributed by atoms with Gasteiger partial charge in [-0.15, -0.1) is 0 Å². The second-order valence-electron chi connectivity index (χ2n) is 9.35. The molecule has 0 spiro atoms. The zero-order valence-corrected chi connectivity index (χ0v) is 23.1. The molecule has 0 aliphatic heterocycles. The molecule has 6 nitrogen and oxygen atoms in total. The quantitative estimate of drug-likeness (QED) is 0.254. The van der Waals surface area contributed by atoms with E-state index in [4.69, 9.17) is 0 Å². The molecule has 0 amide bonds. The van der Waals surface area contributed by atoms with Crippen molar-refractivity contribution in [3.05, 3.63) is 71.1 Å². The van der Waals surface area contributed by atoms with E-state index in [1.807, 2.05) is 0 Å². The Morgan fingerprint density at radius 2 is 0.708 bits per heavy atom. The second-order valence-corrected chi connectivity index (χ2v) is 9.35. The van der Waals surface area contributed by atoms with Crippen molar-refractivity contribution < 1.29 is 62.2 Å². The summed E-state index contributed by atoms with van der Waals surface area (Å²) in [4.78, 5) is 0. The topological polar surface area (TPSA) is 114 Å². The first kappa shape index (κ1) is 36.6. The van der Waals surface area contributed by atoms with Crippen LogP contribution >= 0.6 is 0 Å². The second kappa shape index (κ2) is 13.5. The van der Waals surface area contributed by atoms with Crippen LogP contribution in [0.3, 0.4) is 0 Å². The van der Waals surface area contributed by atoms with E-state index in [0.717, 1.165) is 36.4 Å². The molecule has 3 rings (SSSR count). The van der Waals surface area contributed by atoms with Gasteiger partial charge in [-0.1, -0.05) is 24.3 Å². The molecular weight excluding hydrogens is 676 g/mol. The Bertz CT molecular complexity index is 1760. The van der Waals surface area contributed by atoms with Crippen molar-refractivity contribution in [3.63, 3.8) is 0 Å². The lowest BCUT2D eigenvalue weighted by molar-refractivity contribution is -0.300. The molecule has 3 aromatic carbocycles. The van der Waals surface area contributed by atoms with Gasteiger partial charge in [-0.3, -0.25) is 0 Å². The SMILES string of the molecule is N#CC(C#N)=c1cc(-c2ccc(OC(C(F)(F)F)C(F)(F)F)cc2)c(=C(C#N)C#N)cc1-c1ccc(OC(C(F)(F)F)C(F)(F)F)cc1. The van der Waals surface area contributed by atoms with Crippen LogP contribution in [0, 0.1) is 45.3 Å². The standard InChI is InChI=1S/C30H12F12N4O2/c31-27(32,33)25(28(34,35)36)47-19-5-1-15(2-6-19)21-9-24(18(13-45)14-46)22(10-23(21)17(11-43)12-44)16-3-7-20(8-4-16)48-26(29(37,38)39)30(40,41)42/h1-10,25-26H. The Labute approximate surface area is 260 Å². The van der Waals surface area contributed by atoms with Crippen LogP contribution in [0.25, 0.3) is 33.4 Å². The number of hydrogen-bond acceptors (Lipinski definition) is 6. The molecule has 0 fully saturated rings. The summed E-state index contributed by atoms with van der Waals surface area (Å²) in [6.45, 7) is 0. The van der Waals surface area contributed by atoms with Gasteiger partial charge >= 0.3 is 24.7 Å². The van der Waals surface area contributed by atoms with E-state index < -0.39 is 59.6 Å². The molecule has 0 aromatic heterocycles. The number of ether oxygens (including phenoxy) is 2. The van der Waals surface area contributed by atoms with Gasteiger partial charge in [0.25, 0.3) is 12.2 Å².